The third-order valence-corrected chi connectivity index (χ3v) is 6.92. The number of nitrogens with zero attached hydrogens (tertiary/aromatic N) is 2. The van der Waals surface area contributed by atoms with Crippen LogP contribution >= 0.6 is 24.0 Å². The van der Waals surface area contributed by atoms with Crippen LogP contribution in [0.4, 0.5) is 4.39 Å². The van der Waals surface area contributed by atoms with Gasteiger partial charge in [0.05, 0.1) is 11.1 Å². The first-order valence-electron chi connectivity index (χ1n) is 10.5. The Bertz CT molecular complexity index is 721. The Morgan fingerprint density at radius 3 is 2.55 bits per heavy atom. The van der Waals surface area contributed by atoms with Crippen LogP contribution in [-0.2, 0) is 11.3 Å². The average molecular weight is 445 g/mol. The highest BCUT2D eigenvalue weighted by molar-refractivity contribution is 6.31. The van der Waals surface area contributed by atoms with Gasteiger partial charge in [-0.1, -0.05) is 18.5 Å². The molecule has 0 unspecified atom stereocenters. The first-order valence-corrected chi connectivity index (χ1v) is 10.8. The zero-order valence-corrected chi connectivity index (χ0v) is 18.8. The number of hydrogen-bond donors (Lipinski definition) is 0. The molecule has 1 aliphatic heterocycles. The molecule has 162 valence electrons. The van der Waals surface area contributed by atoms with Crippen molar-refractivity contribution in [3.63, 3.8) is 0 Å². The number of benzene rings is 1. The van der Waals surface area contributed by atoms with Crippen molar-refractivity contribution < 1.29 is 13.9 Å². The minimum Gasteiger partial charge on any atom is -0.490 e. The number of halogens is 3. The highest BCUT2D eigenvalue weighted by atomic mass is 35.5. The van der Waals surface area contributed by atoms with E-state index in [1.165, 1.54) is 18.9 Å². The Labute approximate surface area is 184 Å². The molecule has 0 bridgehead atoms. The summed E-state index contributed by atoms with van der Waals surface area (Å²) in [5.41, 5.74) is 0.454. The second-order valence-corrected chi connectivity index (χ2v) is 9.58. The first-order chi connectivity index (χ1) is 13.3. The minimum atomic E-state index is -0.284. The highest BCUT2D eigenvalue weighted by Gasteiger charge is 2.47. The standard InChI is InChI=1S/C22H30ClFN2O2.ClH/c1-22(5-6-22)21(27)25(2)13-15-9-16(10-15)28-17-11-19(23)18(20(24)12-17)14-26-7-3-4-8-26;/h11-12,15-16H,3-10,13-14H2,1-2H3;1H/t15-,16-;. The lowest BCUT2D eigenvalue weighted by Gasteiger charge is -2.38. The molecule has 3 fully saturated rings. The van der Waals surface area contributed by atoms with Gasteiger partial charge in [0.2, 0.25) is 5.91 Å². The van der Waals surface area contributed by atoms with Crippen molar-refractivity contribution in [3.8, 4) is 5.75 Å². The molecule has 1 aromatic carbocycles. The van der Waals surface area contributed by atoms with Gasteiger partial charge in [0.1, 0.15) is 11.6 Å². The first kappa shape index (κ1) is 22.6. The molecule has 1 amide bonds. The van der Waals surface area contributed by atoms with Crippen LogP contribution in [0.15, 0.2) is 12.1 Å². The van der Waals surface area contributed by atoms with Crippen LogP contribution in [0.5, 0.6) is 5.75 Å². The molecule has 0 radical (unpaired) electrons. The summed E-state index contributed by atoms with van der Waals surface area (Å²) >= 11 is 6.35. The predicted molar refractivity (Wildman–Crippen MR) is 115 cm³/mol. The summed E-state index contributed by atoms with van der Waals surface area (Å²) in [4.78, 5) is 16.5. The average Bonchev–Trinajstić information content (AvgIpc) is 3.15. The van der Waals surface area contributed by atoms with Crippen LogP contribution in [-0.4, -0.2) is 48.5 Å². The molecule has 0 N–H and O–H groups in total. The summed E-state index contributed by atoms with van der Waals surface area (Å²) < 4.78 is 20.5. The van der Waals surface area contributed by atoms with E-state index in [1.807, 2.05) is 18.9 Å². The maximum Gasteiger partial charge on any atom is 0.228 e. The molecular weight excluding hydrogens is 414 g/mol. The molecule has 2 saturated carbocycles. The molecule has 0 spiro atoms. The van der Waals surface area contributed by atoms with E-state index >= 15 is 0 Å². The molecule has 7 heteroatoms. The van der Waals surface area contributed by atoms with Gasteiger partial charge >= 0.3 is 0 Å². The highest BCUT2D eigenvalue weighted by Crippen LogP contribution is 2.46. The van der Waals surface area contributed by atoms with Crippen LogP contribution in [0.1, 0.15) is 51.0 Å². The maximum absolute atomic E-state index is 14.6. The van der Waals surface area contributed by atoms with Crippen LogP contribution < -0.4 is 4.74 Å². The number of likely N-dealkylation sites (tertiary alicyclic amines) is 1. The second-order valence-electron chi connectivity index (χ2n) is 9.17. The lowest BCUT2D eigenvalue weighted by molar-refractivity contribution is -0.136. The van der Waals surface area contributed by atoms with Crippen molar-refractivity contribution in [3.05, 3.63) is 28.5 Å². The summed E-state index contributed by atoms with van der Waals surface area (Å²) in [6.45, 7) is 5.40. The smallest absolute Gasteiger partial charge is 0.228 e. The maximum atomic E-state index is 14.6. The molecule has 2 aliphatic carbocycles. The van der Waals surface area contributed by atoms with E-state index in [2.05, 4.69) is 4.90 Å². The normalized spacial score (nSPS) is 25.1. The summed E-state index contributed by atoms with van der Waals surface area (Å²) in [6, 6.07) is 3.21. The molecule has 1 heterocycles. The van der Waals surface area contributed by atoms with Gasteiger partial charge in [0.15, 0.2) is 0 Å². The lowest BCUT2D eigenvalue weighted by atomic mass is 9.81. The SMILES string of the molecule is CN(C[C@H]1C[C@H](Oc2cc(F)c(CN3CCCC3)c(Cl)c2)C1)C(=O)C1(C)CC1.Cl. The lowest BCUT2D eigenvalue weighted by Crippen LogP contribution is -2.43. The van der Waals surface area contributed by atoms with Crippen molar-refractivity contribution in [2.75, 3.05) is 26.7 Å². The van der Waals surface area contributed by atoms with Crippen LogP contribution in [0.25, 0.3) is 0 Å². The zero-order chi connectivity index (χ0) is 19.9. The Morgan fingerprint density at radius 2 is 1.97 bits per heavy atom. The van der Waals surface area contributed by atoms with E-state index in [-0.39, 0.29) is 35.7 Å². The van der Waals surface area contributed by atoms with Gasteiger partial charge in [-0.2, -0.15) is 0 Å². The van der Waals surface area contributed by atoms with Gasteiger partial charge in [-0.05, 0) is 63.6 Å². The largest absolute Gasteiger partial charge is 0.490 e. The fraction of sp³-hybridized carbons (Fsp3) is 0.682. The molecule has 3 aliphatic rings. The van der Waals surface area contributed by atoms with Crippen molar-refractivity contribution >= 4 is 29.9 Å². The number of carbonyl (C=O) groups excluding carboxylic acids is 1. The van der Waals surface area contributed by atoms with E-state index in [4.69, 9.17) is 16.3 Å². The zero-order valence-electron chi connectivity index (χ0n) is 17.3. The summed E-state index contributed by atoms with van der Waals surface area (Å²) in [7, 11) is 1.90. The fourth-order valence-corrected chi connectivity index (χ4v) is 4.67. The topological polar surface area (TPSA) is 32.8 Å². The van der Waals surface area contributed by atoms with Gasteiger partial charge in [-0.25, -0.2) is 4.39 Å². The molecule has 0 aromatic heterocycles. The van der Waals surface area contributed by atoms with Gasteiger partial charge < -0.3 is 9.64 Å². The third-order valence-electron chi connectivity index (χ3n) is 6.59. The molecular formula is C22H31Cl2FN2O2. The third kappa shape index (κ3) is 5.18. The Hall–Kier alpha value is -1.04. The van der Waals surface area contributed by atoms with Gasteiger partial charge in [-0.15, -0.1) is 12.4 Å². The minimum absolute atomic E-state index is 0. The van der Waals surface area contributed by atoms with Gasteiger partial charge in [-0.3, -0.25) is 9.69 Å². The summed E-state index contributed by atoms with van der Waals surface area (Å²) in [5.74, 6) is 0.940. The molecule has 4 rings (SSSR count). The van der Waals surface area contributed by atoms with Crippen LogP contribution in [0, 0.1) is 17.2 Å². The van der Waals surface area contributed by atoms with Gasteiger partial charge in [0, 0.05) is 37.2 Å². The van der Waals surface area contributed by atoms with Gasteiger partial charge in [0.25, 0.3) is 0 Å². The predicted octanol–water partition coefficient (Wildman–Crippen LogP) is 4.91. The van der Waals surface area contributed by atoms with E-state index in [0.29, 0.717) is 28.8 Å². The number of carbonyl (C=O) groups is 1. The van der Waals surface area contributed by atoms with Crippen molar-refractivity contribution in [1.82, 2.24) is 9.80 Å². The van der Waals surface area contributed by atoms with Crippen molar-refractivity contribution in [2.24, 2.45) is 11.3 Å². The molecule has 1 aromatic rings. The van der Waals surface area contributed by atoms with E-state index in [9.17, 15) is 9.18 Å². The van der Waals surface area contributed by atoms with Crippen LogP contribution in [0.3, 0.4) is 0 Å². The summed E-state index contributed by atoms with van der Waals surface area (Å²) in [5, 5.41) is 0.445. The van der Waals surface area contributed by atoms with E-state index in [0.717, 1.165) is 45.3 Å². The van der Waals surface area contributed by atoms with Crippen LogP contribution in [0.2, 0.25) is 5.02 Å². The molecule has 29 heavy (non-hydrogen) atoms. The molecule has 0 atom stereocenters. The monoisotopic (exact) mass is 444 g/mol. The molecule has 1 saturated heterocycles. The Kier molecular flexibility index (Phi) is 7.02. The van der Waals surface area contributed by atoms with Crippen molar-refractivity contribution in [2.45, 2.75) is 58.1 Å². The quantitative estimate of drug-likeness (QED) is 0.598. The number of amides is 1. The van der Waals surface area contributed by atoms with Crippen molar-refractivity contribution in [1.29, 1.82) is 0 Å². The Morgan fingerprint density at radius 1 is 1.31 bits per heavy atom. The number of rotatable bonds is 7. The van der Waals surface area contributed by atoms with E-state index < -0.39 is 0 Å². The second kappa shape index (κ2) is 8.99. The number of ether oxygens (including phenoxy) is 1. The van der Waals surface area contributed by atoms with E-state index in [1.54, 1.807) is 6.07 Å². The fourth-order valence-electron chi connectivity index (χ4n) is 4.41. The summed E-state index contributed by atoms with van der Waals surface area (Å²) in [6.07, 6.45) is 6.21. The number of hydrogen-bond acceptors (Lipinski definition) is 3. The Balaban J connectivity index is 0.00000240. The molecule has 4 nitrogen and oxygen atoms in total.